The third kappa shape index (κ3) is 5.13. The summed E-state index contributed by atoms with van der Waals surface area (Å²) in [5.41, 5.74) is 1.39. The number of thioether (sulfide) groups is 1. The topological polar surface area (TPSA) is 79.0 Å². The standard InChI is InChI=1S/C22H25N3O4S/c1-24(14-20(26)23-16-6-4-8-18(11-16)29-2)22(28)15-10-21(27)25(13-15)17-7-5-9-19(12-17)30-3/h4-9,11-12,15H,10,13-14H2,1-3H3,(H,23,26)/t15-/m1/s1. The van der Waals surface area contributed by atoms with Crippen LogP contribution in [0, 0.1) is 5.92 Å². The fourth-order valence-electron chi connectivity index (χ4n) is 3.41. The summed E-state index contributed by atoms with van der Waals surface area (Å²) < 4.78 is 5.14. The number of ether oxygens (including phenoxy) is 1. The smallest absolute Gasteiger partial charge is 0.243 e. The highest BCUT2D eigenvalue weighted by Gasteiger charge is 2.36. The van der Waals surface area contributed by atoms with Crippen LogP contribution in [-0.2, 0) is 14.4 Å². The molecule has 0 spiro atoms. The van der Waals surface area contributed by atoms with Crippen molar-refractivity contribution in [2.24, 2.45) is 5.92 Å². The molecule has 0 saturated carbocycles. The van der Waals surface area contributed by atoms with Crippen LogP contribution in [0.5, 0.6) is 5.75 Å². The fraction of sp³-hybridized carbons (Fsp3) is 0.318. The van der Waals surface area contributed by atoms with Gasteiger partial charge in [-0.1, -0.05) is 12.1 Å². The number of nitrogens with zero attached hydrogens (tertiary/aromatic N) is 2. The van der Waals surface area contributed by atoms with Crippen molar-refractivity contribution in [3.05, 3.63) is 48.5 Å². The number of nitrogens with one attached hydrogen (secondary N) is 1. The van der Waals surface area contributed by atoms with Crippen LogP contribution in [-0.4, -0.2) is 56.1 Å². The van der Waals surface area contributed by atoms with Crippen LogP contribution < -0.4 is 15.0 Å². The predicted molar refractivity (Wildman–Crippen MR) is 118 cm³/mol. The van der Waals surface area contributed by atoms with Crippen LogP contribution in [0.15, 0.2) is 53.4 Å². The van der Waals surface area contributed by atoms with Crippen LogP contribution in [0.1, 0.15) is 6.42 Å². The molecule has 2 aromatic carbocycles. The van der Waals surface area contributed by atoms with E-state index in [1.54, 1.807) is 55.1 Å². The highest BCUT2D eigenvalue weighted by atomic mass is 32.2. The Morgan fingerprint density at radius 3 is 2.73 bits per heavy atom. The summed E-state index contributed by atoms with van der Waals surface area (Å²) in [6, 6.07) is 14.7. The van der Waals surface area contributed by atoms with Crippen molar-refractivity contribution < 1.29 is 19.1 Å². The van der Waals surface area contributed by atoms with Gasteiger partial charge in [-0.3, -0.25) is 14.4 Å². The van der Waals surface area contributed by atoms with Gasteiger partial charge in [0.05, 0.1) is 19.6 Å². The first-order valence-corrected chi connectivity index (χ1v) is 10.8. The Bertz CT molecular complexity index is 949. The Balaban J connectivity index is 1.59. The molecule has 0 radical (unpaired) electrons. The average Bonchev–Trinajstić information content (AvgIpc) is 3.14. The molecule has 1 heterocycles. The molecule has 30 heavy (non-hydrogen) atoms. The Morgan fingerprint density at radius 1 is 1.23 bits per heavy atom. The first kappa shape index (κ1) is 21.7. The first-order valence-electron chi connectivity index (χ1n) is 9.54. The van der Waals surface area contributed by atoms with E-state index in [0.29, 0.717) is 18.0 Å². The molecule has 1 atom stereocenters. The van der Waals surface area contributed by atoms with E-state index in [1.165, 1.54) is 4.90 Å². The number of amides is 3. The van der Waals surface area contributed by atoms with Crippen molar-refractivity contribution in [3.63, 3.8) is 0 Å². The van der Waals surface area contributed by atoms with Crippen molar-refractivity contribution >= 4 is 40.9 Å². The SMILES string of the molecule is COc1cccc(NC(=O)CN(C)C(=O)[C@@H]2CC(=O)N(c3cccc(SC)c3)C2)c1. The second-order valence-electron chi connectivity index (χ2n) is 7.08. The lowest BCUT2D eigenvalue weighted by Crippen LogP contribution is -2.39. The Hall–Kier alpha value is -3.00. The van der Waals surface area contributed by atoms with E-state index in [4.69, 9.17) is 4.74 Å². The molecular weight excluding hydrogens is 402 g/mol. The van der Waals surface area contributed by atoms with Crippen molar-refractivity contribution in [1.29, 1.82) is 0 Å². The van der Waals surface area contributed by atoms with Gasteiger partial charge in [0.25, 0.3) is 0 Å². The van der Waals surface area contributed by atoms with E-state index >= 15 is 0 Å². The average molecular weight is 428 g/mol. The largest absolute Gasteiger partial charge is 0.497 e. The molecule has 1 aliphatic heterocycles. The zero-order valence-corrected chi connectivity index (χ0v) is 18.1. The molecule has 1 fully saturated rings. The molecule has 0 unspecified atom stereocenters. The monoisotopic (exact) mass is 427 g/mol. The van der Waals surface area contributed by atoms with Crippen LogP contribution in [0.3, 0.4) is 0 Å². The van der Waals surface area contributed by atoms with Crippen molar-refractivity contribution in [3.8, 4) is 5.75 Å². The summed E-state index contributed by atoms with van der Waals surface area (Å²) in [4.78, 5) is 41.7. The maximum absolute atomic E-state index is 12.8. The molecular formula is C22H25N3O4S. The predicted octanol–water partition coefficient (Wildman–Crippen LogP) is 2.87. The fourth-order valence-corrected chi connectivity index (χ4v) is 3.86. The Labute approximate surface area is 180 Å². The molecule has 3 rings (SSSR count). The molecule has 7 nitrogen and oxygen atoms in total. The normalized spacial score (nSPS) is 15.8. The third-order valence-corrected chi connectivity index (χ3v) is 5.68. The lowest BCUT2D eigenvalue weighted by molar-refractivity contribution is -0.137. The summed E-state index contributed by atoms with van der Waals surface area (Å²) >= 11 is 1.60. The van der Waals surface area contributed by atoms with Gasteiger partial charge in [0.15, 0.2) is 0 Å². The van der Waals surface area contributed by atoms with Gasteiger partial charge in [-0.2, -0.15) is 0 Å². The third-order valence-electron chi connectivity index (χ3n) is 4.95. The second kappa shape index (κ2) is 9.67. The minimum Gasteiger partial charge on any atom is -0.497 e. The number of hydrogen-bond donors (Lipinski definition) is 1. The Morgan fingerprint density at radius 2 is 2.00 bits per heavy atom. The molecule has 158 valence electrons. The first-order chi connectivity index (χ1) is 14.4. The van der Waals surface area contributed by atoms with E-state index in [0.717, 1.165) is 10.6 Å². The van der Waals surface area contributed by atoms with Crippen molar-refractivity contribution in [2.45, 2.75) is 11.3 Å². The summed E-state index contributed by atoms with van der Waals surface area (Å²) in [5, 5.41) is 2.76. The summed E-state index contributed by atoms with van der Waals surface area (Å²) in [7, 11) is 3.13. The minimum atomic E-state index is -0.468. The number of carbonyl (C=O) groups excluding carboxylic acids is 3. The summed E-state index contributed by atoms with van der Waals surface area (Å²) in [6.07, 6.45) is 2.12. The van der Waals surface area contributed by atoms with Gasteiger partial charge in [-0.05, 0) is 36.6 Å². The number of benzene rings is 2. The molecule has 0 aromatic heterocycles. The van der Waals surface area contributed by atoms with E-state index in [9.17, 15) is 14.4 Å². The zero-order chi connectivity index (χ0) is 21.7. The maximum atomic E-state index is 12.8. The summed E-state index contributed by atoms with van der Waals surface area (Å²) in [6.45, 7) is 0.222. The van der Waals surface area contributed by atoms with Gasteiger partial charge >= 0.3 is 0 Å². The van der Waals surface area contributed by atoms with Crippen molar-refractivity contribution in [2.75, 3.05) is 43.7 Å². The van der Waals surface area contributed by atoms with Crippen LogP contribution in [0.25, 0.3) is 0 Å². The molecule has 1 aliphatic rings. The second-order valence-corrected chi connectivity index (χ2v) is 7.96. The molecule has 0 bridgehead atoms. The van der Waals surface area contributed by atoms with Gasteiger partial charge in [-0.15, -0.1) is 11.8 Å². The van der Waals surface area contributed by atoms with Gasteiger partial charge in [0, 0.05) is 42.3 Å². The maximum Gasteiger partial charge on any atom is 0.243 e. The van der Waals surface area contributed by atoms with E-state index in [-0.39, 0.29) is 30.7 Å². The molecule has 3 amide bonds. The van der Waals surface area contributed by atoms with Crippen molar-refractivity contribution in [1.82, 2.24) is 4.90 Å². The number of anilines is 2. The van der Waals surface area contributed by atoms with Crippen LogP contribution in [0.4, 0.5) is 11.4 Å². The van der Waals surface area contributed by atoms with E-state index < -0.39 is 5.92 Å². The lowest BCUT2D eigenvalue weighted by atomic mass is 10.1. The van der Waals surface area contributed by atoms with Gasteiger partial charge in [-0.25, -0.2) is 0 Å². The summed E-state index contributed by atoms with van der Waals surface area (Å²) in [5.74, 6) is -0.446. The van der Waals surface area contributed by atoms with Crippen LogP contribution >= 0.6 is 11.8 Å². The lowest BCUT2D eigenvalue weighted by Gasteiger charge is -2.21. The van der Waals surface area contributed by atoms with E-state index in [2.05, 4.69) is 5.32 Å². The zero-order valence-electron chi connectivity index (χ0n) is 17.3. The highest BCUT2D eigenvalue weighted by molar-refractivity contribution is 7.98. The van der Waals surface area contributed by atoms with Gasteiger partial charge in [0.2, 0.25) is 17.7 Å². The number of methoxy groups -OCH3 is 1. The molecule has 1 saturated heterocycles. The minimum absolute atomic E-state index is 0.0826. The number of carbonyl (C=O) groups is 3. The van der Waals surface area contributed by atoms with Crippen LogP contribution in [0.2, 0.25) is 0 Å². The number of rotatable bonds is 7. The molecule has 0 aliphatic carbocycles. The number of likely N-dealkylation sites (N-methyl/N-ethyl adjacent to an activating group) is 1. The van der Waals surface area contributed by atoms with Gasteiger partial charge in [0.1, 0.15) is 5.75 Å². The number of hydrogen-bond acceptors (Lipinski definition) is 5. The molecule has 1 N–H and O–H groups in total. The molecule has 8 heteroatoms. The Kier molecular flexibility index (Phi) is 6.99. The quantitative estimate of drug-likeness (QED) is 0.688. The van der Waals surface area contributed by atoms with E-state index in [1.807, 2.05) is 30.5 Å². The molecule has 2 aromatic rings. The highest BCUT2D eigenvalue weighted by Crippen LogP contribution is 2.29. The van der Waals surface area contributed by atoms with Gasteiger partial charge < -0.3 is 19.9 Å².